The number of methoxy groups -OCH3 is 3. The van der Waals surface area contributed by atoms with E-state index in [4.69, 9.17) is 14.2 Å². The Hall–Kier alpha value is -3.02. The van der Waals surface area contributed by atoms with E-state index in [1.165, 1.54) is 0 Å². The number of ether oxygens (including phenoxy) is 3. The zero-order valence-corrected chi connectivity index (χ0v) is 13.9. The van der Waals surface area contributed by atoms with Crippen molar-refractivity contribution in [3.8, 4) is 28.4 Å². The molecule has 0 N–H and O–H groups in total. The number of benzene rings is 1. The lowest BCUT2D eigenvalue weighted by Gasteiger charge is -2.14. The molecule has 24 heavy (non-hydrogen) atoms. The molecule has 0 saturated carbocycles. The zero-order valence-electron chi connectivity index (χ0n) is 13.9. The second kappa shape index (κ2) is 7.04. The first kappa shape index (κ1) is 15.9. The summed E-state index contributed by atoms with van der Waals surface area (Å²) in [6.45, 7) is 0.594. The van der Waals surface area contributed by atoms with Gasteiger partial charge in [-0.2, -0.15) is 5.10 Å². The van der Waals surface area contributed by atoms with Gasteiger partial charge in [-0.3, -0.25) is 9.67 Å². The summed E-state index contributed by atoms with van der Waals surface area (Å²) in [4.78, 5) is 4.13. The lowest BCUT2D eigenvalue weighted by molar-refractivity contribution is 0.323. The third-order valence-corrected chi connectivity index (χ3v) is 3.70. The van der Waals surface area contributed by atoms with E-state index in [2.05, 4.69) is 10.1 Å². The molecule has 0 amide bonds. The van der Waals surface area contributed by atoms with Gasteiger partial charge in [0.15, 0.2) is 11.5 Å². The molecule has 0 spiro atoms. The van der Waals surface area contributed by atoms with Gasteiger partial charge in [-0.1, -0.05) is 6.07 Å². The van der Waals surface area contributed by atoms with Gasteiger partial charge in [-0.05, 0) is 23.8 Å². The molecule has 6 heteroatoms. The second-order valence-electron chi connectivity index (χ2n) is 5.20. The zero-order chi connectivity index (χ0) is 16.9. The molecule has 0 bridgehead atoms. The van der Waals surface area contributed by atoms with E-state index in [1.54, 1.807) is 27.5 Å². The van der Waals surface area contributed by atoms with Crippen LogP contribution < -0.4 is 14.2 Å². The molecule has 124 valence electrons. The second-order valence-corrected chi connectivity index (χ2v) is 5.20. The Balaban J connectivity index is 1.88. The van der Waals surface area contributed by atoms with E-state index in [0.717, 1.165) is 16.7 Å². The summed E-state index contributed by atoms with van der Waals surface area (Å²) in [7, 11) is 4.80. The lowest BCUT2D eigenvalue weighted by atomic mass is 10.1. The maximum absolute atomic E-state index is 5.39. The SMILES string of the molecule is COc1cc(Cn2cc(-c3cccnc3)cn2)cc(OC)c1OC. The summed E-state index contributed by atoms with van der Waals surface area (Å²) in [6.07, 6.45) is 7.39. The highest BCUT2D eigenvalue weighted by molar-refractivity contribution is 5.60. The van der Waals surface area contributed by atoms with Crippen LogP contribution in [0.15, 0.2) is 49.1 Å². The molecule has 0 unspecified atom stereocenters. The van der Waals surface area contributed by atoms with Crippen molar-refractivity contribution in [2.24, 2.45) is 0 Å². The van der Waals surface area contributed by atoms with E-state index < -0.39 is 0 Å². The van der Waals surface area contributed by atoms with Gasteiger partial charge in [0, 0.05) is 29.7 Å². The average Bonchev–Trinajstić information content (AvgIpc) is 3.10. The van der Waals surface area contributed by atoms with E-state index in [9.17, 15) is 0 Å². The minimum Gasteiger partial charge on any atom is -0.493 e. The lowest BCUT2D eigenvalue weighted by Crippen LogP contribution is -2.02. The Morgan fingerprint density at radius 1 is 0.958 bits per heavy atom. The van der Waals surface area contributed by atoms with Crippen LogP contribution in [0.25, 0.3) is 11.1 Å². The Morgan fingerprint density at radius 3 is 2.29 bits per heavy atom. The Bertz CT molecular complexity index is 790. The van der Waals surface area contributed by atoms with E-state index >= 15 is 0 Å². The molecule has 3 aromatic rings. The highest BCUT2D eigenvalue weighted by atomic mass is 16.5. The monoisotopic (exact) mass is 325 g/mol. The summed E-state index contributed by atoms with van der Waals surface area (Å²) in [5.74, 6) is 1.85. The van der Waals surface area contributed by atoms with Gasteiger partial charge in [-0.25, -0.2) is 0 Å². The van der Waals surface area contributed by atoms with E-state index in [0.29, 0.717) is 23.8 Å². The summed E-state index contributed by atoms with van der Waals surface area (Å²) in [5.41, 5.74) is 3.06. The molecule has 2 aromatic heterocycles. The predicted molar refractivity (Wildman–Crippen MR) is 90.7 cm³/mol. The quantitative estimate of drug-likeness (QED) is 0.697. The van der Waals surface area contributed by atoms with Gasteiger partial charge >= 0.3 is 0 Å². The molecule has 0 saturated heterocycles. The Morgan fingerprint density at radius 2 is 1.71 bits per heavy atom. The molecule has 1 aromatic carbocycles. The highest BCUT2D eigenvalue weighted by Gasteiger charge is 2.13. The third kappa shape index (κ3) is 3.17. The van der Waals surface area contributed by atoms with Crippen molar-refractivity contribution in [3.63, 3.8) is 0 Å². The first-order chi connectivity index (χ1) is 11.7. The van der Waals surface area contributed by atoms with E-state index in [1.807, 2.05) is 47.5 Å². The Kier molecular flexibility index (Phi) is 4.65. The largest absolute Gasteiger partial charge is 0.493 e. The molecule has 0 aliphatic heterocycles. The van der Waals surface area contributed by atoms with Crippen LogP contribution in [0.2, 0.25) is 0 Å². The molecule has 0 aliphatic carbocycles. The molecule has 0 fully saturated rings. The minimum absolute atomic E-state index is 0.584. The van der Waals surface area contributed by atoms with Gasteiger partial charge in [0.1, 0.15) is 0 Å². The summed E-state index contributed by atoms with van der Waals surface area (Å²) >= 11 is 0. The first-order valence-electron chi connectivity index (χ1n) is 7.47. The van der Waals surface area contributed by atoms with Crippen LogP contribution in [0.4, 0.5) is 0 Å². The third-order valence-electron chi connectivity index (χ3n) is 3.70. The van der Waals surface area contributed by atoms with Crippen LogP contribution in [0.5, 0.6) is 17.2 Å². The maximum atomic E-state index is 5.39. The average molecular weight is 325 g/mol. The molecule has 0 aliphatic rings. The fraction of sp³-hybridized carbons (Fsp3) is 0.222. The number of rotatable bonds is 6. The smallest absolute Gasteiger partial charge is 0.203 e. The van der Waals surface area contributed by atoms with Crippen molar-refractivity contribution in [1.82, 2.24) is 14.8 Å². The molecule has 3 rings (SSSR count). The van der Waals surface area contributed by atoms with Crippen molar-refractivity contribution in [1.29, 1.82) is 0 Å². The van der Waals surface area contributed by atoms with Crippen LogP contribution in [0.3, 0.4) is 0 Å². The molecule has 2 heterocycles. The summed E-state index contributed by atoms with van der Waals surface area (Å²) in [6, 6.07) is 7.76. The number of aromatic nitrogens is 3. The fourth-order valence-corrected chi connectivity index (χ4v) is 2.55. The molecule has 0 radical (unpaired) electrons. The van der Waals surface area contributed by atoms with Gasteiger partial charge < -0.3 is 14.2 Å². The molecular formula is C18H19N3O3. The standard InChI is InChI=1S/C18H19N3O3/c1-22-16-7-13(8-17(23-2)18(16)24-3)11-21-12-15(10-20-21)14-5-4-6-19-9-14/h4-10,12H,11H2,1-3H3. The van der Waals surface area contributed by atoms with Crippen molar-refractivity contribution in [2.75, 3.05) is 21.3 Å². The normalized spacial score (nSPS) is 10.5. The van der Waals surface area contributed by atoms with Crippen LogP contribution >= 0.6 is 0 Å². The number of nitrogens with zero attached hydrogens (tertiary/aromatic N) is 3. The van der Waals surface area contributed by atoms with Crippen molar-refractivity contribution >= 4 is 0 Å². The van der Waals surface area contributed by atoms with Crippen molar-refractivity contribution in [2.45, 2.75) is 6.54 Å². The van der Waals surface area contributed by atoms with Gasteiger partial charge in [0.2, 0.25) is 5.75 Å². The Labute approximate surface area is 140 Å². The predicted octanol–water partition coefficient (Wildman–Crippen LogP) is 3.02. The van der Waals surface area contributed by atoms with E-state index in [-0.39, 0.29) is 0 Å². The minimum atomic E-state index is 0.584. The molecular weight excluding hydrogens is 306 g/mol. The van der Waals surface area contributed by atoms with Crippen LogP contribution in [0.1, 0.15) is 5.56 Å². The summed E-state index contributed by atoms with van der Waals surface area (Å²) < 4.78 is 18.0. The molecule has 6 nitrogen and oxygen atoms in total. The van der Waals surface area contributed by atoms with Crippen molar-refractivity contribution < 1.29 is 14.2 Å². The molecule has 0 atom stereocenters. The van der Waals surface area contributed by atoms with Crippen LogP contribution in [-0.4, -0.2) is 36.1 Å². The van der Waals surface area contributed by atoms with Gasteiger partial charge in [-0.15, -0.1) is 0 Å². The number of hydrogen-bond donors (Lipinski definition) is 0. The van der Waals surface area contributed by atoms with Crippen LogP contribution in [0, 0.1) is 0 Å². The number of hydrogen-bond acceptors (Lipinski definition) is 5. The summed E-state index contributed by atoms with van der Waals surface area (Å²) in [5, 5.41) is 4.42. The van der Waals surface area contributed by atoms with Crippen molar-refractivity contribution in [3.05, 3.63) is 54.6 Å². The first-order valence-corrected chi connectivity index (χ1v) is 7.47. The topological polar surface area (TPSA) is 58.4 Å². The number of pyridine rings is 1. The van der Waals surface area contributed by atoms with Gasteiger partial charge in [0.25, 0.3) is 0 Å². The highest BCUT2D eigenvalue weighted by Crippen LogP contribution is 2.38. The fourth-order valence-electron chi connectivity index (χ4n) is 2.55. The van der Waals surface area contributed by atoms with Crippen LogP contribution in [-0.2, 0) is 6.54 Å². The van der Waals surface area contributed by atoms with Gasteiger partial charge in [0.05, 0.1) is 34.1 Å². The maximum Gasteiger partial charge on any atom is 0.203 e.